The third-order valence-electron chi connectivity index (χ3n) is 6.07. The van der Waals surface area contributed by atoms with Gasteiger partial charge in [0.1, 0.15) is 12.3 Å². The first-order chi connectivity index (χ1) is 15.7. The highest BCUT2D eigenvalue weighted by Gasteiger charge is 2.20. The minimum atomic E-state index is -0.0979. The van der Waals surface area contributed by atoms with Crippen LogP contribution in [0.4, 0.5) is 0 Å². The molecule has 166 valence electrons. The van der Waals surface area contributed by atoms with Gasteiger partial charge >= 0.3 is 0 Å². The van der Waals surface area contributed by atoms with Gasteiger partial charge in [-0.3, -0.25) is 9.69 Å². The van der Waals surface area contributed by atoms with E-state index in [9.17, 15) is 4.79 Å². The van der Waals surface area contributed by atoms with Crippen LogP contribution in [0, 0.1) is 5.92 Å². The van der Waals surface area contributed by atoms with Crippen molar-refractivity contribution >= 4 is 16.8 Å². The number of piperidine rings is 1. The standard InChI is InChI=1S/C24H27N5O3/c1-17-8-10-28(11-9-17)16-23-26-27-24(32-23)20-14-29(21-7-3-2-6-19(20)21)15-22(30)25-13-18-5-4-12-31-18/h2-7,12,14,17H,8-11,13,15-16H2,1H3,(H,25,30). The van der Waals surface area contributed by atoms with Crippen molar-refractivity contribution in [3.63, 3.8) is 0 Å². The fraction of sp³-hybridized carbons (Fsp3) is 0.375. The summed E-state index contributed by atoms with van der Waals surface area (Å²) in [6.45, 7) is 5.65. The Morgan fingerprint density at radius 1 is 1.16 bits per heavy atom. The topological polar surface area (TPSA) is 89.3 Å². The number of furan rings is 1. The van der Waals surface area contributed by atoms with Gasteiger partial charge in [0.2, 0.25) is 17.7 Å². The molecule has 32 heavy (non-hydrogen) atoms. The molecule has 5 rings (SSSR count). The van der Waals surface area contributed by atoms with Gasteiger partial charge in [0.05, 0.1) is 24.9 Å². The van der Waals surface area contributed by atoms with E-state index in [1.807, 2.05) is 41.1 Å². The first kappa shape index (κ1) is 20.5. The summed E-state index contributed by atoms with van der Waals surface area (Å²) in [7, 11) is 0. The fourth-order valence-corrected chi connectivity index (χ4v) is 4.20. The molecule has 0 bridgehead atoms. The minimum absolute atomic E-state index is 0.0979. The van der Waals surface area contributed by atoms with E-state index in [1.165, 1.54) is 12.8 Å². The number of hydrogen-bond donors (Lipinski definition) is 1. The lowest BCUT2D eigenvalue weighted by molar-refractivity contribution is -0.121. The minimum Gasteiger partial charge on any atom is -0.467 e. The molecule has 0 unspecified atom stereocenters. The summed E-state index contributed by atoms with van der Waals surface area (Å²) >= 11 is 0. The summed E-state index contributed by atoms with van der Waals surface area (Å²) in [6, 6.07) is 11.6. The molecular formula is C24H27N5O3. The van der Waals surface area contributed by atoms with Crippen LogP contribution in [0.5, 0.6) is 0 Å². The summed E-state index contributed by atoms with van der Waals surface area (Å²) in [5.41, 5.74) is 1.78. The molecular weight excluding hydrogens is 406 g/mol. The highest BCUT2D eigenvalue weighted by Crippen LogP contribution is 2.30. The summed E-state index contributed by atoms with van der Waals surface area (Å²) in [6.07, 6.45) is 5.92. The highest BCUT2D eigenvalue weighted by atomic mass is 16.4. The second kappa shape index (κ2) is 9.00. The predicted octanol–water partition coefficient (Wildman–Crippen LogP) is 3.83. The van der Waals surface area contributed by atoms with Crippen molar-refractivity contribution in [3.05, 3.63) is 60.5 Å². The molecule has 4 heterocycles. The number of likely N-dealkylation sites (tertiary alicyclic amines) is 1. The summed E-state index contributed by atoms with van der Waals surface area (Å²) < 4.78 is 13.2. The van der Waals surface area contributed by atoms with Crippen LogP contribution in [0.15, 0.2) is 57.7 Å². The van der Waals surface area contributed by atoms with Crippen molar-refractivity contribution < 1.29 is 13.6 Å². The zero-order valence-corrected chi connectivity index (χ0v) is 18.2. The first-order valence-electron chi connectivity index (χ1n) is 11.1. The van der Waals surface area contributed by atoms with Crippen molar-refractivity contribution in [1.29, 1.82) is 0 Å². The summed E-state index contributed by atoms with van der Waals surface area (Å²) in [5.74, 6) is 2.52. The third kappa shape index (κ3) is 4.45. The maximum absolute atomic E-state index is 12.5. The van der Waals surface area contributed by atoms with Crippen LogP contribution >= 0.6 is 0 Å². The molecule has 0 saturated carbocycles. The van der Waals surface area contributed by atoms with Crippen LogP contribution in [0.1, 0.15) is 31.4 Å². The number of nitrogens with zero attached hydrogens (tertiary/aromatic N) is 4. The zero-order valence-electron chi connectivity index (χ0n) is 18.2. The Balaban J connectivity index is 1.32. The van der Waals surface area contributed by atoms with Gasteiger partial charge in [-0.15, -0.1) is 10.2 Å². The van der Waals surface area contributed by atoms with E-state index in [-0.39, 0.29) is 12.5 Å². The normalized spacial score (nSPS) is 15.4. The molecule has 0 aliphatic carbocycles. The molecule has 1 saturated heterocycles. The van der Waals surface area contributed by atoms with Gasteiger partial charge < -0.3 is 18.7 Å². The van der Waals surface area contributed by atoms with Crippen LogP contribution in [0.3, 0.4) is 0 Å². The average molecular weight is 434 g/mol. The van der Waals surface area contributed by atoms with E-state index in [0.29, 0.717) is 24.9 Å². The molecule has 1 aliphatic heterocycles. The van der Waals surface area contributed by atoms with Crippen molar-refractivity contribution in [2.45, 2.75) is 39.4 Å². The Morgan fingerprint density at radius 3 is 2.81 bits per heavy atom. The van der Waals surface area contributed by atoms with Crippen molar-refractivity contribution in [3.8, 4) is 11.5 Å². The number of aromatic nitrogens is 3. The van der Waals surface area contributed by atoms with Gasteiger partial charge in [-0.25, -0.2) is 0 Å². The third-order valence-corrected chi connectivity index (χ3v) is 6.07. The van der Waals surface area contributed by atoms with Gasteiger partial charge in [-0.05, 0) is 50.0 Å². The van der Waals surface area contributed by atoms with Crippen LogP contribution in [-0.4, -0.2) is 38.7 Å². The number of benzene rings is 1. The van der Waals surface area contributed by atoms with Gasteiger partial charge in [0.25, 0.3) is 0 Å². The summed E-state index contributed by atoms with van der Waals surface area (Å²) in [4.78, 5) is 14.9. The van der Waals surface area contributed by atoms with E-state index in [1.54, 1.807) is 12.3 Å². The lowest BCUT2D eigenvalue weighted by Gasteiger charge is -2.28. The molecule has 3 aromatic heterocycles. The SMILES string of the molecule is CC1CCN(Cc2nnc(-c3cn(CC(=O)NCc4ccco4)c4ccccc34)o2)CC1. The second-order valence-corrected chi connectivity index (χ2v) is 8.50. The molecule has 1 aromatic carbocycles. The van der Waals surface area contributed by atoms with Crippen molar-refractivity contribution in [2.75, 3.05) is 13.1 Å². The van der Waals surface area contributed by atoms with Gasteiger partial charge in [-0.1, -0.05) is 25.1 Å². The first-order valence-corrected chi connectivity index (χ1v) is 11.1. The summed E-state index contributed by atoms with van der Waals surface area (Å²) in [5, 5.41) is 12.5. The van der Waals surface area contributed by atoms with Crippen LogP contribution in [0.25, 0.3) is 22.4 Å². The van der Waals surface area contributed by atoms with Crippen LogP contribution in [-0.2, 0) is 24.4 Å². The number of hydrogen-bond acceptors (Lipinski definition) is 6. The largest absolute Gasteiger partial charge is 0.467 e. The lowest BCUT2D eigenvalue weighted by Crippen LogP contribution is -2.32. The number of nitrogens with one attached hydrogen (secondary N) is 1. The number of amides is 1. The highest BCUT2D eigenvalue weighted by molar-refractivity contribution is 5.94. The molecule has 1 aliphatic rings. The molecule has 4 aromatic rings. The van der Waals surface area contributed by atoms with E-state index in [0.717, 1.165) is 41.2 Å². The molecule has 1 fully saturated rings. The number of carbonyl (C=O) groups is 1. The molecule has 8 heteroatoms. The molecule has 1 N–H and O–H groups in total. The Labute approximate surface area is 186 Å². The van der Waals surface area contributed by atoms with Gasteiger partial charge in [0.15, 0.2) is 0 Å². The van der Waals surface area contributed by atoms with E-state index >= 15 is 0 Å². The molecule has 0 radical (unpaired) electrons. The lowest BCUT2D eigenvalue weighted by atomic mass is 9.99. The average Bonchev–Trinajstić information content (AvgIpc) is 3.55. The molecule has 0 spiro atoms. The van der Waals surface area contributed by atoms with Gasteiger partial charge in [0, 0.05) is 17.1 Å². The Morgan fingerprint density at radius 2 is 2.00 bits per heavy atom. The quantitative estimate of drug-likeness (QED) is 0.476. The number of carbonyl (C=O) groups excluding carboxylic acids is 1. The van der Waals surface area contributed by atoms with Crippen LogP contribution in [0.2, 0.25) is 0 Å². The number of para-hydroxylation sites is 1. The fourth-order valence-electron chi connectivity index (χ4n) is 4.20. The number of rotatable bonds is 7. The van der Waals surface area contributed by atoms with E-state index in [2.05, 4.69) is 27.3 Å². The monoisotopic (exact) mass is 433 g/mol. The molecule has 0 atom stereocenters. The van der Waals surface area contributed by atoms with E-state index in [4.69, 9.17) is 8.83 Å². The smallest absolute Gasteiger partial charge is 0.249 e. The maximum atomic E-state index is 12.5. The predicted molar refractivity (Wildman–Crippen MR) is 119 cm³/mol. The number of fused-ring (bicyclic) bond motifs is 1. The molecule has 1 amide bonds. The second-order valence-electron chi connectivity index (χ2n) is 8.50. The van der Waals surface area contributed by atoms with Gasteiger partial charge in [-0.2, -0.15) is 0 Å². The van der Waals surface area contributed by atoms with Crippen molar-refractivity contribution in [1.82, 2.24) is 25.0 Å². The van der Waals surface area contributed by atoms with Crippen molar-refractivity contribution in [2.24, 2.45) is 5.92 Å². The van der Waals surface area contributed by atoms with Crippen LogP contribution < -0.4 is 5.32 Å². The Hall–Kier alpha value is -3.39. The zero-order chi connectivity index (χ0) is 21.9. The Bertz CT molecular complexity index is 1190. The van der Waals surface area contributed by atoms with E-state index < -0.39 is 0 Å². The maximum Gasteiger partial charge on any atom is 0.249 e. The molecule has 8 nitrogen and oxygen atoms in total. The Kier molecular flexibility index (Phi) is 5.77.